The number of nitrogens with one attached hydrogen (secondary N) is 1. The van der Waals surface area contributed by atoms with E-state index in [2.05, 4.69) is 5.32 Å². The molecule has 1 heterocycles. The Kier molecular flexibility index (Phi) is 4.44. The second kappa shape index (κ2) is 6.07. The topological polar surface area (TPSA) is 69.6 Å². The van der Waals surface area contributed by atoms with E-state index in [4.69, 9.17) is 5.11 Å². The third kappa shape index (κ3) is 4.20. The quantitative estimate of drug-likeness (QED) is 0.784. The van der Waals surface area contributed by atoms with Crippen molar-refractivity contribution in [3.63, 3.8) is 0 Å². The SMILES string of the molecule is O=C(O)CCC1CCCN(C(=O)NCC2CC2)C1. The van der Waals surface area contributed by atoms with Gasteiger partial charge in [0.25, 0.3) is 0 Å². The summed E-state index contributed by atoms with van der Waals surface area (Å²) in [6.07, 6.45) is 5.40. The molecule has 0 aromatic heterocycles. The average molecular weight is 254 g/mol. The van der Waals surface area contributed by atoms with Crippen LogP contribution in [0.1, 0.15) is 38.5 Å². The fraction of sp³-hybridized carbons (Fsp3) is 0.846. The largest absolute Gasteiger partial charge is 0.481 e. The summed E-state index contributed by atoms with van der Waals surface area (Å²) in [5.74, 6) is 0.299. The van der Waals surface area contributed by atoms with Crippen molar-refractivity contribution in [1.82, 2.24) is 10.2 Å². The third-order valence-corrected chi connectivity index (χ3v) is 3.81. The number of amides is 2. The summed E-state index contributed by atoms with van der Waals surface area (Å²) in [5.41, 5.74) is 0. The molecule has 2 fully saturated rings. The molecular weight excluding hydrogens is 232 g/mol. The molecule has 0 aromatic carbocycles. The van der Waals surface area contributed by atoms with Crippen LogP contribution in [-0.4, -0.2) is 41.6 Å². The second-order valence-electron chi connectivity index (χ2n) is 5.52. The van der Waals surface area contributed by atoms with E-state index in [0.717, 1.165) is 25.9 Å². The molecule has 1 saturated carbocycles. The van der Waals surface area contributed by atoms with E-state index < -0.39 is 5.97 Å². The molecule has 18 heavy (non-hydrogen) atoms. The molecule has 5 heteroatoms. The van der Waals surface area contributed by atoms with E-state index >= 15 is 0 Å². The number of hydrogen-bond donors (Lipinski definition) is 2. The monoisotopic (exact) mass is 254 g/mol. The van der Waals surface area contributed by atoms with Crippen molar-refractivity contribution >= 4 is 12.0 Å². The Morgan fingerprint density at radius 2 is 2.00 bits per heavy atom. The molecule has 0 aromatic rings. The van der Waals surface area contributed by atoms with Gasteiger partial charge < -0.3 is 15.3 Å². The minimum absolute atomic E-state index is 0.0296. The van der Waals surface area contributed by atoms with E-state index in [1.165, 1.54) is 12.8 Å². The van der Waals surface area contributed by atoms with Crippen molar-refractivity contribution in [3.05, 3.63) is 0 Å². The molecular formula is C13H22N2O3. The normalized spacial score (nSPS) is 23.8. The van der Waals surface area contributed by atoms with Crippen LogP contribution in [0.5, 0.6) is 0 Å². The molecule has 1 saturated heterocycles. The molecule has 0 spiro atoms. The van der Waals surface area contributed by atoms with Gasteiger partial charge in [-0.05, 0) is 43.9 Å². The lowest BCUT2D eigenvalue weighted by Crippen LogP contribution is -2.46. The van der Waals surface area contributed by atoms with E-state index in [-0.39, 0.29) is 12.5 Å². The highest BCUT2D eigenvalue weighted by Gasteiger charge is 2.26. The average Bonchev–Trinajstić information content (AvgIpc) is 3.18. The summed E-state index contributed by atoms with van der Waals surface area (Å²) in [6, 6.07) is 0.0296. The molecule has 1 aliphatic heterocycles. The summed E-state index contributed by atoms with van der Waals surface area (Å²) in [6.45, 7) is 2.32. The van der Waals surface area contributed by atoms with Crippen LogP contribution >= 0.6 is 0 Å². The maximum atomic E-state index is 11.9. The highest BCUT2D eigenvalue weighted by molar-refractivity contribution is 5.74. The zero-order valence-electron chi connectivity index (χ0n) is 10.7. The minimum Gasteiger partial charge on any atom is -0.481 e. The summed E-state index contributed by atoms with van der Waals surface area (Å²) in [5, 5.41) is 11.6. The van der Waals surface area contributed by atoms with Crippen LogP contribution in [-0.2, 0) is 4.79 Å². The number of nitrogens with zero attached hydrogens (tertiary/aromatic N) is 1. The van der Waals surface area contributed by atoms with Crippen LogP contribution in [0.4, 0.5) is 4.79 Å². The summed E-state index contributed by atoms with van der Waals surface area (Å²) < 4.78 is 0. The van der Waals surface area contributed by atoms with Gasteiger partial charge in [0.2, 0.25) is 0 Å². The molecule has 2 aliphatic rings. The number of rotatable bonds is 5. The van der Waals surface area contributed by atoms with Crippen LogP contribution in [0.2, 0.25) is 0 Å². The van der Waals surface area contributed by atoms with Crippen molar-refractivity contribution in [1.29, 1.82) is 0 Å². The number of likely N-dealkylation sites (tertiary alicyclic amines) is 1. The third-order valence-electron chi connectivity index (χ3n) is 3.81. The van der Waals surface area contributed by atoms with Crippen molar-refractivity contribution in [3.8, 4) is 0 Å². The van der Waals surface area contributed by atoms with Gasteiger partial charge in [-0.1, -0.05) is 0 Å². The first-order valence-corrected chi connectivity index (χ1v) is 6.89. The van der Waals surface area contributed by atoms with E-state index in [1.807, 2.05) is 4.90 Å². The lowest BCUT2D eigenvalue weighted by atomic mass is 9.93. The second-order valence-corrected chi connectivity index (χ2v) is 5.52. The smallest absolute Gasteiger partial charge is 0.317 e. The Hall–Kier alpha value is -1.26. The van der Waals surface area contributed by atoms with Crippen molar-refractivity contribution < 1.29 is 14.7 Å². The zero-order valence-corrected chi connectivity index (χ0v) is 10.7. The van der Waals surface area contributed by atoms with Crippen molar-refractivity contribution in [2.45, 2.75) is 38.5 Å². The van der Waals surface area contributed by atoms with Gasteiger partial charge in [0.1, 0.15) is 0 Å². The van der Waals surface area contributed by atoms with Crippen LogP contribution in [0, 0.1) is 11.8 Å². The summed E-state index contributed by atoms with van der Waals surface area (Å²) in [7, 11) is 0. The maximum absolute atomic E-state index is 11.9. The van der Waals surface area contributed by atoms with Gasteiger partial charge in [-0.25, -0.2) is 4.79 Å². The molecule has 2 amide bonds. The number of piperidine rings is 1. The molecule has 5 nitrogen and oxygen atoms in total. The Labute approximate surface area is 108 Å². The standard InChI is InChI=1S/C13H22N2O3/c16-12(17)6-5-11-2-1-7-15(9-11)13(18)14-8-10-3-4-10/h10-11H,1-9H2,(H,14,18)(H,16,17). The van der Waals surface area contributed by atoms with E-state index in [1.54, 1.807) is 0 Å². The zero-order chi connectivity index (χ0) is 13.0. The fourth-order valence-corrected chi connectivity index (χ4v) is 2.48. The molecule has 102 valence electrons. The Morgan fingerprint density at radius 3 is 2.67 bits per heavy atom. The Morgan fingerprint density at radius 1 is 1.22 bits per heavy atom. The van der Waals surface area contributed by atoms with Gasteiger partial charge in [0.05, 0.1) is 0 Å². The first-order valence-electron chi connectivity index (χ1n) is 6.89. The number of carbonyl (C=O) groups excluding carboxylic acids is 1. The number of carboxylic acids is 1. The van der Waals surface area contributed by atoms with Gasteiger partial charge in [0.15, 0.2) is 0 Å². The Bertz CT molecular complexity index is 315. The van der Waals surface area contributed by atoms with Gasteiger partial charge in [0, 0.05) is 26.1 Å². The van der Waals surface area contributed by atoms with Gasteiger partial charge in [-0.15, -0.1) is 0 Å². The Balaban J connectivity index is 1.70. The van der Waals surface area contributed by atoms with Crippen molar-refractivity contribution in [2.24, 2.45) is 11.8 Å². The molecule has 1 aliphatic carbocycles. The predicted octanol–water partition coefficient (Wildman–Crippen LogP) is 1.68. The lowest BCUT2D eigenvalue weighted by molar-refractivity contribution is -0.137. The van der Waals surface area contributed by atoms with Gasteiger partial charge in [-0.2, -0.15) is 0 Å². The van der Waals surface area contributed by atoms with Crippen LogP contribution in [0.25, 0.3) is 0 Å². The molecule has 1 atom stereocenters. The molecule has 1 unspecified atom stereocenters. The highest BCUT2D eigenvalue weighted by atomic mass is 16.4. The highest BCUT2D eigenvalue weighted by Crippen LogP contribution is 2.27. The predicted molar refractivity (Wildman–Crippen MR) is 67.3 cm³/mol. The number of hydrogen-bond acceptors (Lipinski definition) is 2. The van der Waals surface area contributed by atoms with Gasteiger partial charge >= 0.3 is 12.0 Å². The first kappa shape index (κ1) is 13.2. The van der Waals surface area contributed by atoms with Crippen molar-refractivity contribution in [2.75, 3.05) is 19.6 Å². The number of urea groups is 1. The molecule has 0 bridgehead atoms. The van der Waals surface area contributed by atoms with Crippen LogP contribution in [0.15, 0.2) is 0 Å². The summed E-state index contributed by atoms with van der Waals surface area (Å²) >= 11 is 0. The first-order chi connectivity index (χ1) is 8.65. The number of carboxylic acid groups (broad SMARTS) is 1. The maximum Gasteiger partial charge on any atom is 0.317 e. The van der Waals surface area contributed by atoms with E-state index in [9.17, 15) is 9.59 Å². The van der Waals surface area contributed by atoms with Crippen LogP contribution in [0.3, 0.4) is 0 Å². The lowest BCUT2D eigenvalue weighted by Gasteiger charge is -2.32. The number of aliphatic carboxylic acids is 1. The van der Waals surface area contributed by atoms with E-state index in [0.29, 0.717) is 24.8 Å². The number of carbonyl (C=O) groups is 2. The van der Waals surface area contributed by atoms with Gasteiger partial charge in [-0.3, -0.25) is 4.79 Å². The fourth-order valence-electron chi connectivity index (χ4n) is 2.48. The van der Waals surface area contributed by atoms with Crippen LogP contribution < -0.4 is 5.32 Å². The molecule has 2 N–H and O–H groups in total. The molecule has 2 rings (SSSR count). The molecule has 0 radical (unpaired) electrons. The minimum atomic E-state index is -0.745. The summed E-state index contributed by atoms with van der Waals surface area (Å²) in [4.78, 5) is 24.3.